The highest BCUT2D eigenvalue weighted by atomic mass is 16.5. The summed E-state index contributed by atoms with van der Waals surface area (Å²) in [6.45, 7) is 1.21. The number of fused-ring (bicyclic) bond motifs is 1. The van der Waals surface area contributed by atoms with E-state index in [0.29, 0.717) is 42.6 Å². The minimum absolute atomic E-state index is 0.00426. The number of hydrogen-bond donors (Lipinski definition) is 0. The zero-order chi connectivity index (χ0) is 18.6. The zero-order valence-corrected chi connectivity index (χ0v) is 15.3. The Morgan fingerprint density at radius 2 is 2.15 bits per heavy atom. The summed E-state index contributed by atoms with van der Waals surface area (Å²) < 4.78 is 15.8. The highest BCUT2D eigenvalue weighted by molar-refractivity contribution is 5.86. The summed E-state index contributed by atoms with van der Waals surface area (Å²) in [6, 6.07) is 7.38. The number of nitrogens with zero attached hydrogens (tertiary/aromatic N) is 4. The molecule has 2 aromatic heterocycles. The molecule has 1 amide bonds. The van der Waals surface area contributed by atoms with Gasteiger partial charge in [-0.2, -0.15) is 4.98 Å². The molecule has 0 unspecified atom stereocenters. The van der Waals surface area contributed by atoms with Crippen molar-refractivity contribution in [3.63, 3.8) is 0 Å². The molecule has 0 saturated carbocycles. The lowest BCUT2D eigenvalue weighted by molar-refractivity contribution is -0.135. The van der Waals surface area contributed by atoms with Crippen molar-refractivity contribution >= 4 is 16.9 Å². The Morgan fingerprint density at radius 1 is 1.26 bits per heavy atom. The van der Waals surface area contributed by atoms with E-state index in [2.05, 4.69) is 15.3 Å². The first-order chi connectivity index (χ1) is 13.3. The van der Waals surface area contributed by atoms with Gasteiger partial charge in [-0.3, -0.25) is 4.79 Å². The molecular formula is C19H22N4O4. The van der Waals surface area contributed by atoms with Crippen LogP contribution in [0.3, 0.4) is 0 Å². The molecule has 4 rings (SSSR count). The van der Waals surface area contributed by atoms with Gasteiger partial charge in [0.25, 0.3) is 0 Å². The van der Waals surface area contributed by atoms with E-state index < -0.39 is 0 Å². The first-order valence-corrected chi connectivity index (χ1v) is 9.20. The average Bonchev–Trinajstić information content (AvgIpc) is 3.34. The fourth-order valence-electron chi connectivity index (χ4n) is 3.49. The lowest BCUT2D eigenvalue weighted by Crippen LogP contribution is -2.39. The molecule has 142 valence electrons. The van der Waals surface area contributed by atoms with Crippen molar-refractivity contribution in [2.75, 3.05) is 20.3 Å². The second kappa shape index (κ2) is 7.87. The van der Waals surface area contributed by atoms with Crippen molar-refractivity contribution in [2.45, 2.75) is 38.1 Å². The topological polar surface area (TPSA) is 94.5 Å². The lowest BCUT2D eigenvalue weighted by atomic mass is 10.0. The fraction of sp³-hybridized carbons (Fsp3) is 0.474. The number of piperidine rings is 1. The Kier molecular flexibility index (Phi) is 5.15. The molecule has 0 bridgehead atoms. The predicted molar refractivity (Wildman–Crippen MR) is 95.9 cm³/mol. The van der Waals surface area contributed by atoms with Crippen molar-refractivity contribution in [3.05, 3.63) is 41.7 Å². The molecule has 0 N–H and O–H groups in total. The standard InChI is InChI=1S/C19H22N4O4/c1-25-11-9-17-20-19(27-22-17)15-7-4-5-10-23(15)18(24)12-14-13-6-2-3-8-16(13)26-21-14/h2-3,6,8,15H,4-5,7,9-12H2,1H3/t15-/m0/s1. The quantitative estimate of drug-likeness (QED) is 0.658. The molecule has 1 aromatic carbocycles. The summed E-state index contributed by atoms with van der Waals surface area (Å²) in [4.78, 5) is 19.3. The molecular weight excluding hydrogens is 348 g/mol. The van der Waals surface area contributed by atoms with Gasteiger partial charge in [0.05, 0.1) is 13.0 Å². The SMILES string of the molecule is COCCc1noc([C@@H]2CCCCN2C(=O)Cc2noc3ccccc23)n1. The van der Waals surface area contributed by atoms with Crippen molar-refractivity contribution in [1.29, 1.82) is 0 Å². The third-order valence-corrected chi connectivity index (χ3v) is 4.89. The fourth-order valence-corrected chi connectivity index (χ4v) is 3.49. The van der Waals surface area contributed by atoms with Crippen LogP contribution in [0.5, 0.6) is 0 Å². The molecule has 0 radical (unpaired) electrons. The number of rotatable bonds is 6. The number of carbonyl (C=O) groups excluding carboxylic acids is 1. The number of amides is 1. The Bertz CT molecular complexity index is 919. The molecule has 3 aromatic rings. The molecule has 8 heteroatoms. The third-order valence-electron chi connectivity index (χ3n) is 4.89. The minimum atomic E-state index is -0.187. The van der Waals surface area contributed by atoms with E-state index in [4.69, 9.17) is 13.8 Å². The summed E-state index contributed by atoms with van der Waals surface area (Å²) >= 11 is 0. The van der Waals surface area contributed by atoms with Gasteiger partial charge in [-0.1, -0.05) is 22.4 Å². The number of para-hydroxylation sites is 1. The third kappa shape index (κ3) is 3.71. The maximum Gasteiger partial charge on any atom is 0.249 e. The second-order valence-corrected chi connectivity index (χ2v) is 6.69. The zero-order valence-electron chi connectivity index (χ0n) is 15.3. The maximum absolute atomic E-state index is 13.0. The minimum Gasteiger partial charge on any atom is -0.384 e. The van der Waals surface area contributed by atoms with Gasteiger partial charge in [-0.25, -0.2) is 0 Å². The smallest absolute Gasteiger partial charge is 0.249 e. The summed E-state index contributed by atoms with van der Waals surface area (Å²) in [5.41, 5.74) is 1.35. The van der Waals surface area contributed by atoms with E-state index in [-0.39, 0.29) is 18.4 Å². The van der Waals surface area contributed by atoms with Crippen LogP contribution < -0.4 is 0 Å². The normalized spacial score (nSPS) is 17.5. The first kappa shape index (κ1) is 17.7. The monoisotopic (exact) mass is 370 g/mol. The van der Waals surface area contributed by atoms with Crippen LogP contribution in [0, 0.1) is 0 Å². The van der Waals surface area contributed by atoms with Crippen molar-refractivity contribution in [1.82, 2.24) is 20.2 Å². The maximum atomic E-state index is 13.0. The number of likely N-dealkylation sites (tertiary alicyclic amines) is 1. The summed E-state index contributed by atoms with van der Waals surface area (Å²) in [6.07, 6.45) is 3.59. The predicted octanol–water partition coefficient (Wildman–Crippen LogP) is 2.70. The summed E-state index contributed by atoms with van der Waals surface area (Å²) in [7, 11) is 1.64. The number of methoxy groups -OCH3 is 1. The second-order valence-electron chi connectivity index (χ2n) is 6.69. The molecule has 1 atom stereocenters. The number of ether oxygens (including phenoxy) is 1. The highest BCUT2D eigenvalue weighted by Gasteiger charge is 2.32. The highest BCUT2D eigenvalue weighted by Crippen LogP contribution is 2.31. The van der Waals surface area contributed by atoms with Crippen molar-refractivity contribution in [2.24, 2.45) is 0 Å². The van der Waals surface area contributed by atoms with Crippen molar-refractivity contribution < 1.29 is 18.6 Å². The molecule has 1 fully saturated rings. The first-order valence-electron chi connectivity index (χ1n) is 9.20. The molecule has 0 spiro atoms. The largest absolute Gasteiger partial charge is 0.384 e. The van der Waals surface area contributed by atoms with E-state index in [0.717, 1.165) is 24.6 Å². The van der Waals surface area contributed by atoms with Crippen LogP contribution in [0.25, 0.3) is 11.0 Å². The summed E-state index contributed by atoms with van der Waals surface area (Å²) in [5.74, 6) is 1.10. The Balaban J connectivity index is 1.51. The molecule has 1 aliphatic heterocycles. The van der Waals surface area contributed by atoms with Crippen LogP contribution in [0.15, 0.2) is 33.3 Å². The number of carbonyl (C=O) groups is 1. The van der Waals surface area contributed by atoms with Gasteiger partial charge in [0.1, 0.15) is 11.7 Å². The van der Waals surface area contributed by atoms with Crippen LogP contribution >= 0.6 is 0 Å². The van der Waals surface area contributed by atoms with E-state index in [9.17, 15) is 4.79 Å². The van der Waals surface area contributed by atoms with Gasteiger partial charge < -0.3 is 18.7 Å². The number of hydrogen-bond acceptors (Lipinski definition) is 7. The molecule has 27 heavy (non-hydrogen) atoms. The van der Waals surface area contributed by atoms with Crippen LogP contribution in [0.4, 0.5) is 0 Å². The van der Waals surface area contributed by atoms with E-state index in [1.807, 2.05) is 29.2 Å². The van der Waals surface area contributed by atoms with Crippen LogP contribution in [0.2, 0.25) is 0 Å². The summed E-state index contributed by atoms with van der Waals surface area (Å²) in [5, 5.41) is 8.96. The van der Waals surface area contributed by atoms with E-state index in [1.165, 1.54) is 0 Å². The Hall–Kier alpha value is -2.74. The molecule has 1 aliphatic rings. The molecule has 1 saturated heterocycles. The van der Waals surface area contributed by atoms with Gasteiger partial charge >= 0.3 is 0 Å². The van der Waals surface area contributed by atoms with E-state index in [1.54, 1.807) is 7.11 Å². The van der Waals surface area contributed by atoms with Gasteiger partial charge in [0.2, 0.25) is 11.8 Å². The van der Waals surface area contributed by atoms with Crippen LogP contribution in [-0.4, -0.2) is 46.4 Å². The number of aromatic nitrogens is 3. The van der Waals surface area contributed by atoms with Gasteiger partial charge in [0.15, 0.2) is 11.4 Å². The average molecular weight is 370 g/mol. The molecule has 8 nitrogen and oxygen atoms in total. The van der Waals surface area contributed by atoms with Crippen LogP contribution in [0.1, 0.15) is 42.7 Å². The Morgan fingerprint density at radius 3 is 3.04 bits per heavy atom. The van der Waals surface area contributed by atoms with Gasteiger partial charge in [-0.15, -0.1) is 0 Å². The van der Waals surface area contributed by atoms with Crippen LogP contribution in [-0.2, 0) is 22.4 Å². The molecule has 0 aliphatic carbocycles. The van der Waals surface area contributed by atoms with E-state index >= 15 is 0 Å². The van der Waals surface area contributed by atoms with Crippen molar-refractivity contribution in [3.8, 4) is 0 Å². The Labute approximate surface area is 156 Å². The lowest BCUT2D eigenvalue weighted by Gasteiger charge is -2.33. The molecule has 3 heterocycles. The number of benzene rings is 1. The van der Waals surface area contributed by atoms with Gasteiger partial charge in [-0.05, 0) is 31.4 Å². The van der Waals surface area contributed by atoms with Gasteiger partial charge in [0, 0.05) is 25.5 Å².